The predicted molar refractivity (Wildman–Crippen MR) is 113 cm³/mol. The lowest BCUT2D eigenvalue weighted by molar-refractivity contribution is 0.462. The Labute approximate surface area is 166 Å². The van der Waals surface area contributed by atoms with E-state index in [0.29, 0.717) is 0 Å². The van der Waals surface area contributed by atoms with E-state index >= 15 is 0 Å². The highest BCUT2D eigenvalue weighted by atomic mass is 127. The van der Waals surface area contributed by atoms with E-state index in [1.807, 2.05) is 0 Å². The Bertz CT molecular complexity index is 634. The van der Waals surface area contributed by atoms with E-state index in [4.69, 9.17) is 4.99 Å². The minimum atomic E-state index is 0. The average molecular weight is 461 g/mol. The highest BCUT2D eigenvalue weighted by Crippen LogP contribution is 2.10. The summed E-state index contributed by atoms with van der Waals surface area (Å²) in [5, 5.41) is 6.72. The minimum absolute atomic E-state index is 0. The lowest BCUT2D eigenvalue weighted by Crippen LogP contribution is -2.39. The van der Waals surface area contributed by atoms with Crippen molar-refractivity contribution in [2.24, 2.45) is 12.0 Å². The maximum Gasteiger partial charge on any atom is 0.194 e. The number of aryl methyl sites for hydroxylation is 2. The Hall–Kier alpha value is -1.09. The quantitative estimate of drug-likeness (QED) is 0.391. The van der Waals surface area contributed by atoms with Crippen LogP contribution in [0.5, 0.6) is 0 Å². The molecule has 2 aromatic heterocycles. The van der Waals surface area contributed by atoms with Gasteiger partial charge in [0, 0.05) is 50.9 Å². The van der Waals surface area contributed by atoms with Crippen LogP contribution in [0.3, 0.4) is 0 Å². The van der Waals surface area contributed by atoms with E-state index < -0.39 is 0 Å². The molecule has 0 aliphatic carbocycles. The second kappa shape index (κ2) is 10.7. The maximum atomic E-state index is 4.74. The van der Waals surface area contributed by atoms with Crippen molar-refractivity contribution < 1.29 is 0 Å². The summed E-state index contributed by atoms with van der Waals surface area (Å²) in [4.78, 5) is 11.5. The van der Waals surface area contributed by atoms with Crippen molar-refractivity contribution in [3.8, 4) is 0 Å². The molecular weight excluding hydrogens is 433 g/mol. The van der Waals surface area contributed by atoms with Gasteiger partial charge in [-0.1, -0.05) is 6.92 Å². The third-order valence-corrected chi connectivity index (χ3v) is 4.72. The summed E-state index contributed by atoms with van der Waals surface area (Å²) in [6.07, 6.45) is 3.97. The molecule has 2 rings (SSSR count). The number of rotatable bonds is 7. The van der Waals surface area contributed by atoms with E-state index in [2.05, 4.69) is 71.4 Å². The smallest absolute Gasteiger partial charge is 0.194 e. The SMILES string of the molecule is CCNC(=NCCc1csc(CC)n1)N(C)Cc1cccn1C.I. The van der Waals surface area contributed by atoms with E-state index in [-0.39, 0.29) is 24.0 Å². The molecule has 134 valence electrons. The third kappa shape index (κ3) is 6.08. The molecule has 0 saturated heterocycles. The van der Waals surface area contributed by atoms with Crippen molar-refractivity contribution in [1.82, 2.24) is 19.8 Å². The highest BCUT2D eigenvalue weighted by Gasteiger charge is 2.08. The lowest BCUT2D eigenvalue weighted by atomic mass is 10.3. The highest BCUT2D eigenvalue weighted by molar-refractivity contribution is 14.0. The van der Waals surface area contributed by atoms with Gasteiger partial charge in [0.1, 0.15) is 0 Å². The summed E-state index contributed by atoms with van der Waals surface area (Å²) in [6, 6.07) is 4.21. The van der Waals surface area contributed by atoms with Crippen molar-refractivity contribution in [2.45, 2.75) is 33.2 Å². The van der Waals surface area contributed by atoms with Crippen molar-refractivity contribution in [3.05, 3.63) is 40.1 Å². The number of hydrogen-bond acceptors (Lipinski definition) is 3. The molecule has 0 bridgehead atoms. The van der Waals surface area contributed by atoms with Gasteiger partial charge in [-0.05, 0) is 25.5 Å². The van der Waals surface area contributed by atoms with Crippen LogP contribution in [0.4, 0.5) is 0 Å². The summed E-state index contributed by atoms with van der Waals surface area (Å²) >= 11 is 1.74. The largest absolute Gasteiger partial charge is 0.357 e. The van der Waals surface area contributed by atoms with Crippen molar-refractivity contribution in [3.63, 3.8) is 0 Å². The normalized spacial score (nSPS) is 11.2. The van der Waals surface area contributed by atoms with Crippen LogP contribution in [0.1, 0.15) is 30.2 Å². The third-order valence-electron chi connectivity index (χ3n) is 3.68. The molecule has 5 nitrogen and oxygen atoms in total. The molecule has 0 atom stereocenters. The molecule has 0 aliphatic rings. The average Bonchev–Trinajstić information content (AvgIpc) is 3.16. The fraction of sp³-hybridized carbons (Fsp3) is 0.529. The molecular formula is C17H28IN5S. The van der Waals surface area contributed by atoms with Crippen LogP contribution < -0.4 is 5.32 Å². The first kappa shape index (κ1) is 21.0. The molecule has 7 heteroatoms. The molecule has 0 amide bonds. The number of thiazole rings is 1. The van der Waals surface area contributed by atoms with Gasteiger partial charge in [0.25, 0.3) is 0 Å². The molecule has 0 saturated carbocycles. The van der Waals surface area contributed by atoms with E-state index in [1.165, 1.54) is 10.7 Å². The lowest BCUT2D eigenvalue weighted by Gasteiger charge is -2.22. The zero-order chi connectivity index (χ0) is 16.7. The van der Waals surface area contributed by atoms with Gasteiger partial charge < -0.3 is 14.8 Å². The molecule has 0 fully saturated rings. The van der Waals surface area contributed by atoms with Gasteiger partial charge in [-0.3, -0.25) is 4.99 Å². The second-order valence-corrected chi connectivity index (χ2v) is 6.48. The predicted octanol–water partition coefficient (Wildman–Crippen LogP) is 3.30. The molecule has 1 N–H and O–H groups in total. The number of nitrogens with one attached hydrogen (secondary N) is 1. The first-order chi connectivity index (χ1) is 11.1. The second-order valence-electron chi connectivity index (χ2n) is 5.54. The minimum Gasteiger partial charge on any atom is -0.357 e. The Balaban J connectivity index is 0.00000288. The fourth-order valence-corrected chi connectivity index (χ4v) is 3.13. The molecule has 2 aromatic rings. The number of hydrogen-bond donors (Lipinski definition) is 1. The van der Waals surface area contributed by atoms with E-state index in [0.717, 1.165) is 44.1 Å². The fourth-order valence-electron chi connectivity index (χ4n) is 2.35. The molecule has 24 heavy (non-hydrogen) atoms. The summed E-state index contributed by atoms with van der Waals surface area (Å²) in [7, 11) is 4.15. The van der Waals surface area contributed by atoms with Crippen LogP contribution in [0.25, 0.3) is 0 Å². The van der Waals surface area contributed by atoms with Crippen LogP contribution in [0, 0.1) is 0 Å². The van der Waals surface area contributed by atoms with Gasteiger partial charge in [-0.25, -0.2) is 4.98 Å². The Morgan fingerprint density at radius 3 is 2.79 bits per heavy atom. The molecule has 0 radical (unpaired) electrons. The van der Waals surface area contributed by atoms with E-state index in [9.17, 15) is 0 Å². The van der Waals surface area contributed by atoms with Gasteiger partial charge in [0.15, 0.2) is 5.96 Å². The number of aliphatic imine (C=N–C) groups is 1. The standard InChI is InChI=1S/C17H27N5S.HI/c1-5-16-20-14(13-23-16)9-10-19-17(18-6-2)22(4)12-15-8-7-11-21(15)3;/h7-8,11,13H,5-6,9-10,12H2,1-4H3,(H,18,19);1H. The van der Waals surface area contributed by atoms with Crippen LogP contribution >= 0.6 is 35.3 Å². The number of halogens is 1. The molecule has 0 spiro atoms. The summed E-state index contributed by atoms with van der Waals surface area (Å²) in [6.45, 7) is 6.70. The topological polar surface area (TPSA) is 45.5 Å². The van der Waals surface area contributed by atoms with Crippen LogP contribution in [-0.2, 0) is 26.4 Å². The van der Waals surface area contributed by atoms with Crippen molar-refractivity contribution in [2.75, 3.05) is 20.1 Å². The zero-order valence-corrected chi connectivity index (χ0v) is 18.1. The number of aromatic nitrogens is 2. The Morgan fingerprint density at radius 1 is 1.42 bits per heavy atom. The summed E-state index contributed by atoms with van der Waals surface area (Å²) < 4.78 is 2.14. The van der Waals surface area contributed by atoms with Crippen molar-refractivity contribution in [1.29, 1.82) is 0 Å². The first-order valence-corrected chi connectivity index (χ1v) is 9.05. The summed E-state index contributed by atoms with van der Waals surface area (Å²) in [5.74, 6) is 0.944. The van der Waals surface area contributed by atoms with Gasteiger partial charge in [-0.15, -0.1) is 35.3 Å². The van der Waals surface area contributed by atoms with Gasteiger partial charge in [-0.2, -0.15) is 0 Å². The van der Waals surface area contributed by atoms with Crippen LogP contribution in [-0.4, -0.2) is 40.5 Å². The molecule has 0 aromatic carbocycles. The molecule has 2 heterocycles. The Kier molecular flexibility index (Phi) is 9.35. The molecule has 0 aliphatic heterocycles. The number of guanidine groups is 1. The van der Waals surface area contributed by atoms with E-state index in [1.54, 1.807) is 11.3 Å². The molecule has 0 unspecified atom stereocenters. The monoisotopic (exact) mass is 461 g/mol. The Morgan fingerprint density at radius 2 is 2.21 bits per heavy atom. The van der Waals surface area contributed by atoms with Gasteiger partial charge >= 0.3 is 0 Å². The van der Waals surface area contributed by atoms with Crippen molar-refractivity contribution >= 4 is 41.3 Å². The maximum absolute atomic E-state index is 4.74. The van der Waals surface area contributed by atoms with Gasteiger partial charge in [0.2, 0.25) is 0 Å². The zero-order valence-electron chi connectivity index (χ0n) is 15.0. The first-order valence-electron chi connectivity index (χ1n) is 8.17. The number of nitrogens with zero attached hydrogens (tertiary/aromatic N) is 4. The summed E-state index contributed by atoms with van der Waals surface area (Å²) in [5.41, 5.74) is 2.42. The van der Waals surface area contributed by atoms with Crippen LogP contribution in [0.2, 0.25) is 0 Å². The van der Waals surface area contributed by atoms with Gasteiger partial charge in [0.05, 0.1) is 17.2 Å². The van der Waals surface area contributed by atoms with Crippen LogP contribution in [0.15, 0.2) is 28.7 Å².